The second kappa shape index (κ2) is 4.19. The van der Waals surface area contributed by atoms with Crippen LogP contribution >= 0.6 is 0 Å². The highest BCUT2D eigenvalue weighted by atomic mass is 16.2. The zero-order valence-electron chi connectivity index (χ0n) is 12.5. The van der Waals surface area contributed by atoms with Gasteiger partial charge in [-0.25, -0.2) is 0 Å². The van der Waals surface area contributed by atoms with E-state index in [9.17, 15) is 9.59 Å². The Balaban J connectivity index is 1.79. The standard InChI is InChI=1S/C18H21NO2/c1-19-14-8-4-3-7-13(14)16(21)18(19)12-17(11-15(18)20)9-5-2-6-10-17/h3-4,7-8H,2,5-6,9-12H2,1H3. The molecule has 1 heterocycles. The number of hydrogen-bond donors (Lipinski definition) is 0. The van der Waals surface area contributed by atoms with E-state index < -0.39 is 5.54 Å². The minimum Gasteiger partial charge on any atom is -0.355 e. The van der Waals surface area contributed by atoms with E-state index in [1.807, 2.05) is 36.2 Å². The van der Waals surface area contributed by atoms with Gasteiger partial charge in [0.1, 0.15) is 0 Å². The molecule has 2 aliphatic carbocycles. The van der Waals surface area contributed by atoms with Crippen LogP contribution in [0.25, 0.3) is 0 Å². The summed E-state index contributed by atoms with van der Waals surface area (Å²) in [6, 6.07) is 7.65. The highest BCUT2D eigenvalue weighted by Gasteiger charge is 2.63. The van der Waals surface area contributed by atoms with Crippen molar-refractivity contribution in [2.45, 2.75) is 50.5 Å². The quantitative estimate of drug-likeness (QED) is 0.685. The number of nitrogens with zero attached hydrogens (tertiary/aromatic N) is 1. The molecule has 2 spiro atoms. The number of Topliss-reactive ketones (excluding diaryl/α,β-unsaturated/α-hetero) is 2. The van der Waals surface area contributed by atoms with Crippen LogP contribution in [0.2, 0.25) is 0 Å². The average molecular weight is 283 g/mol. The molecular weight excluding hydrogens is 262 g/mol. The van der Waals surface area contributed by atoms with E-state index in [0.29, 0.717) is 6.42 Å². The lowest BCUT2D eigenvalue weighted by Gasteiger charge is -2.36. The van der Waals surface area contributed by atoms with Gasteiger partial charge in [-0.3, -0.25) is 9.59 Å². The molecule has 1 atom stereocenters. The molecular formula is C18H21NO2. The first-order valence-corrected chi connectivity index (χ1v) is 8.00. The average Bonchev–Trinajstić information content (AvgIpc) is 2.90. The smallest absolute Gasteiger partial charge is 0.198 e. The van der Waals surface area contributed by atoms with E-state index in [1.54, 1.807) is 0 Å². The molecule has 1 aromatic carbocycles. The van der Waals surface area contributed by atoms with Crippen molar-refractivity contribution in [2.24, 2.45) is 5.41 Å². The minimum atomic E-state index is -0.902. The van der Waals surface area contributed by atoms with Gasteiger partial charge >= 0.3 is 0 Å². The fraction of sp³-hybridized carbons (Fsp3) is 0.556. The molecule has 110 valence electrons. The van der Waals surface area contributed by atoms with Crippen molar-refractivity contribution in [3.8, 4) is 0 Å². The molecule has 0 amide bonds. The molecule has 0 N–H and O–H groups in total. The van der Waals surface area contributed by atoms with E-state index in [4.69, 9.17) is 0 Å². The van der Waals surface area contributed by atoms with Gasteiger partial charge in [-0.15, -0.1) is 0 Å². The van der Waals surface area contributed by atoms with Gasteiger partial charge in [-0.1, -0.05) is 31.4 Å². The van der Waals surface area contributed by atoms with Gasteiger partial charge in [0.2, 0.25) is 0 Å². The van der Waals surface area contributed by atoms with Gasteiger partial charge in [0, 0.05) is 24.7 Å². The van der Waals surface area contributed by atoms with Crippen LogP contribution in [-0.4, -0.2) is 24.2 Å². The summed E-state index contributed by atoms with van der Waals surface area (Å²) in [5, 5.41) is 0. The van der Waals surface area contributed by atoms with E-state index in [-0.39, 0.29) is 17.0 Å². The number of carbonyl (C=O) groups is 2. The normalized spacial score (nSPS) is 30.4. The van der Waals surface area contributed by atoms with Crippen molar-refractivity contribution < 1.29 is 9.59 Å². The maximum atomic E-state index is 13.0. The van der Waals surface area contributed by atoms with Crippen LogP contribution in [0, 0.1) is 5.41 Å². The van der Waals surface area contributed by atoms with Crippen molar-refractivity contribution in [3.63, 3.8) is 0 Å². The monoisotopic (exact) mass is 283 g/mol. The Hall–Kier alpha value is -1.64. The summed E-state index contributed by atoms with van der Waals surface area (Å²) in [7, 11) is 1.92. The summed E-state index contributed by atoms with van der Waals surface area (Å²) in [5.41, 5.74) is 0.826. The summed E-state index contributed by atoms with van der Waals surface area (Å²) in [6.45, 7) is 0. The first-order chi connectivity index (χ1) is 10.1. The Labute approximate surface area is 125 Å². The summed E-state index contributed by atoms with van der Waals surface area (Å²) >= 11 is 0. The number of fused-ring (bicyclic) bond motifs is 1. The van der Waals surface area contributed by atoms with Gasteiger partial charge in [0.05, 0.1) is 0 Å². The number of ketones is 2. The Morgan fingerprint density at radius 3 is 2.48 bits per heavy atom. The number of hydrogen-bond acceptors (Lipinski definition) is 3. The largest absolute Gasteiger partial charge is 0.355 e. The molecule has 3 nitrogen and oxygen atoms in total. The lowest BCUT2D eigenvalue weighted by molar-refractivity contribution is -0.120. The van der Waals surface area contributed by atoms with Crippen molar-refractivity contribution in [3.05, 3.63) is 29.8 Å². The minimum absolute atomic E-state index is 0.0352. The van der Waals surface area contributed by atoms with E-state index in [0.717, 1.165) is 30.5 Å². The predicted octanol–water partition coefficient (Wildman–Crippen LogP) is 3.37. The van der Waals surface area contributed by atoms with Crippen molar-refractivity contribution >= 4 is 17.3 Å². The molecule has 4 rings (SSSR count). The van der Waals surface area contributed by atoms with Crippen LogP contribution in [0.4, 0.5) is 5.69 Å². The van der Waals surface area contributed by atoms with Crippen LogP contribution in [0.1, 0.15) is 55.3 Å². The van der Waals surface area contributed by atoms with Crippen molar-refractivity contribution in [1.82, 2.24) is 0 Å². The number of para-hydroxylation sites is 1. The third kappa shape index (κ3) is 1.55. The van der Waals surface area contributed by atoms with Crippen LogP contribution < -0.4 is 4.90 Å². The van der Waals surface area contributed by atoms with Gasteiger partial charge in [-0.2, -0.15) is 0 Å². The van der Waals surface area contributed by atoms with Crippen molar-refractivity contribution in [1.29, 1.82) is 0 Å². The first kappa shape index (κ1) is 13.1. The van der Waals surface area contributed by atoms with Gasteiger partial charge in [0.25, 0.3) is 0 Å². The molecule has 1 aromatic rings. The molecule has 0 radical (unpaired) electrons. The molecule has 0 saturated heterocycles. The number of anilines is 1. The highest BCUT2D eigenvalue weighted by Crippen LogP contribution is 2.56. The highest BCUT2D eigenvalue weighted by molar-refractivity contribution is 6.27. The van der Waals surface area contributed by atoms with Gasteiger partial charge in [0.15, 0.2) is 17.1 Å². The Kier molecular flexibility index (Phi) is 2.60. The van der Waals surface area contributed by atoms with E-state index in [2.05, 4.69) is 0 Å². The third-order valence-corrected chi connectivity index (χ3v) is 6.00. The number of likely N-dealkylation sites (N-methyl/N-ethyl adjacent to an activating group) is 1. The predicted molar refractivity (Wildman–Crippen MR) is 81.7 cm³/mol. The third-order valence-electron chi connectivity index (χ3n) is 6.00. The molecule has 2 fully saturated rings. The topological polar surface area (TPSA) is 37.4 Å². The maximum absolute atomic E-state index is 13.0. The molecule has 0 aromatic heterocycles. The van der Waals surface area contributed by atoms with Crippen LogP contribution in [0.5, 0.6) is 0 Å². The zero-order chi connectivity index (χ0) is 14.7. The summed E-state index contributed by atoms with van der Waals surface area (Å²) in [5.74, 6) is 0.182. The molecule has 21 heavy (non-hydrogen) atoms. The van der Waals surface area contributed by atoms with Crippen molar-refractivity contribution in [2.75, 3.05) is 11.9 Å². The fourth-order valence-corrected chi connectivity index (χ4v) is 4.90. The second-order valence-electron chi connectivity index (χ2n) is 7.10. The molecule has 1 unspecified atom stereocenters. The van der Waals surface area contributed by atoms with E-state index in [1.165, 1.54) is 19.3 Å². The molecule has 2 saturated carbocycles. The summed E-state index contributed by atoms with van der Waals surface area (Å²) in [6.07, 6.45) is 7.21. The van der Waals surface area contributed by atoms with Gasteiger partial charge < -0.3 is 4.90 Å². The molecule has 0 bridgehead atoms. The first-order valence-electron chi connectivity index (χ1n) is 8.00. The Morgan fingerprint density at radius 1 is 1.05 bits per heavy atom. The maximum Gasteiger partial charge on any atom is 0.198 e. The Morgan fingerprint density at radius 2 is 1.76 bits per heavy atom. The number of benzene rings is 1. The molecule has 3 heteroatoms. The van der Waals surface area contributed by atoms with E-state index >= 15 is 0 Å². The Bertz CT molecular complexity index is 630. The fourth-order valence-electron chi connectivity index (χ4n) is 4.90. The second-order valence-corrected chi connectivity index (χ2v) is 7.10. The zero-order valence-corrected chi connectivity index (χ0v) is 12.5. The molecule has 3 aliphatic rings. The lowest BCUT2D eigenvalue weighted by Crippen LogP contribution is -2.52. The number of carbonyl (C=O) groups excluding carboxylic acids is 2. The lowest BCUT2D eigenvalue weighted by atomic mass is 9.71. The van der Waals surface area contributed by atoms with Crippen LogP contribution in [0.15, 0.2) is 24.3 Å². The van der Waals surface area contributed by atoms with Crippen LogP contribution in [-0.2, 0) is 4.79 Å². The number of rotatable bonds is 0. The van der Waals surface area contributed by atoms with Gasteiger partial charge in [-0.05, 0) is 36.8 Å². The summed E-state index contributed by atoms with van der Waals surface area (Å²) in [4.78, 5) is 27.9. The SMILES string of the molecule is CN1c2ccccc2C(=O)C12CC1(CCCCC1)CC2=O. The summed E-state index contributed by atoms with van der Waals surface area (Å²) < 4.78 is 0. The van der Waals surface area contributed by atoms with Crippen LogP contribution in [0.3, 0.4) is 0 Å². The molecule has 1 aliphatic heterocycles.